The molecule has 0 aromatic heterocycles. The Kier molecular flexibility index (Phi) is 11.6. The third-order valence-corrected chi connectivity index (χ3v) is 9.98. The van der Waals surface area contributed by atoms with Crippen molar-refractivity contribution < 1.29 is 22.7 Å². The first-order valence-electron chi connectivity index (χ1n) is 16.9. The summed E-state index contributed by atoms with van der Waals surface area (Å²) < 4.78 is 35.9. The summed E-state index contributed by atoms with van der Waals surface area (Å²) in [6.07, 6.45) is 0.233. The molecule has 51 heavy (non-hydrogen) atoms. The monoisotopic (exact) mass is 703 g/mol. The van der Waals surface area contributed by atoms with Gasteiger partial charge in [-0.3, -0.25) is 13.9 Å². The van der Waals surface area contributed by atoms with Crippen LogP contribution in [0.25, 0.3) is 0 Å². The van der Waals surface area contributed by atoms with E-state index >= 15 is 0 Å². The lowest BCUT2D eigenvalue weighted by Crippen LogP contribution is -2.56. The molecule has 8 nitrogen and oxygen atoms in total. The highest BCUT2D eigenvalue weighted by molar-refractivity contribution is 7.92. The number of sulfonamides is 1. The highest BCUT2D eigenvalue weighted by atomic mass is 32.2. The van der Waals surface area contributed by atoms with Crippen LogP contribution in [0.4, 0.5) is 5.69 Å². The van der Waals surface area contributed by atoms with Crippen molar-refractivity contribution in [2.24, 2.45) is 0 Å². The fraction of sp³-hybridized carbons (Fsp3) is 0.238. The van der Waals surface area contributed by atoms with Crippen LogP contribution in [-0.2, 0) is 32.6 Å². The minimum Gasteiger partial charge on any atom is -0.457 e. The van der Waals surface area contributed by atoms with Gasteiger partial charge in [-0.2, -0.15) is 0 Å². The Morgan fingerprint density at radius 2 is 1.29 bits per heavy atom. The van der Waals surface area contributed by atoms with Crippen molar-refractivity contribution in [3.05, 3.63) is 156 Å². The molecule has 0 heterocycles. The fourth-order valence-corrected chi connectivity index (χ4v) is 7.10. The van der Waals surface area contributed by atoms with Gasteiger partial charge in [-0.1, -0.05) is 96.1 Å². The molecule has 1 N–H and O–H groups in total. The lowest BCUT2D eigenvalue weighted by Gasteiger charge is -2.35. The SMILES string of the molecule is Cc1ccc(S(=O)(=O)N(CC(=O)N(Cc2cccc(C)c2)[C@H](Cc2ccccc2)C(=O)NC(C)(C)C)c2ccc(Oc3ccccc3)cc2)cc1. The standard InChI is InChI=1S/C42H45N3O5S/c1-31-19-25-38(26-20-31)51(48,49)45(35-21-23-37(24-22-35)50-36-17-10-7-11-18-36)30-40(46)44(29-34-16-12-13-32(2)27-34)39(41(47)43-42(3,4)5)28-33-14-8-6-9-15-33/h6-27,39H,28-30H2,1-5H3,(H,43,47)/t39-/m1/s1. The molecule has 0 aliphatic carbocycles. The smallest absolute Gasteiger partial charge is 0.264 e. The minimum atomic E-state index is -4.24. The van der Waals surface area contributed by atoms with Crippen LogP contribution in [0, 0.1) is 13.8 Å². The van der Waals surface area contributed by atoms with E-state index in [0.29, 0.717) is 11.5 Å². The normalized spacial score (nSPS) is 12.1. The fourth-order valence-electron chi connectivity index (χ4n) is 5.69. The molecule has 9 heteroatoms. The molecule has 5 aromatic carbocycles. The molecule has 2 amide bonds. The van der Waals surface area contributed by atoms with Gasteiger partial charge in [0.1, 0.15) is 24.1 Å². The lowest BCUT2D eigenvalue weighted by molar-refractivity contribution is -0.140. The number of ether oxygens (including phenoxy) is 1. The molecule has 0 saturated heterocycles. The van der Waals surface area contributed by atoms with Gasteiger partial charge < -0.3 is 15.0 Å². The minimum absolute atomic E-state index is 0.0436. The van der Waals surface area contributed by atoms with E-state index in [1.165, 1.54) is 17.0 Å². The maximum Gasteiger partial charge on any atom is 0.264 e. The molecule has 0 aliphatic rings. The molecule has 0 bridgehead atoms. The number of benzene rings is 5. The number of nitrogens with one attached hydrogen (secondary N) is 1. The quantitative estimate of drug-likeness (QED) is 0.135. The van der Waals surface area contributed by atoms with Crippen molar-refractivity contribution in [3.8, 4) is 11.5 Å². The summed E-state index contributed by atoms with van der Waals surface area (Å²) in [6.45, 7) is 9.05. The van der Waals surface area contributed by atoms with Crippen LogP contribution in [0.3, 0.4) is 0 Å². The largest absolute Gasteiger partial charge is 0.457 e. The zero-order valence-electron chi connectivity index (χ0n) is 29.7. The Morgan fingerprint density at radius 3 is 1.90 bits per heavy atom. The van der Waals surface area contributed by atoms with E-state index in [-0.39, 0.29) is 29.5 Å². The highest BCUT2D eigenvalue weighted by Gasteiger charge is 2.35. The van der Waals surface area contributed by atoms with Crippen LogP contribution < -0.4 is 14.4 Å². The van der Waals surface area contributed by atoms with E-state index in [0.717, 1.165) is 26.6 Å². The molecule has 0 saturated carbocycles. The molecule has 0 unspecified atom stereocenters. The maximum absolute atomic E-state index is 14.8. The van der Waals surface area contributed by atoms with Crippen LogP contribution in [0.1, 0.15) is 43.0 Å². The molecule has 0 spiro atoms. The number of nitrogens with zero attached hydrogens (tertiary/aromatic N) is 2. The Bertz CT molecular complexity index is 2030. The summed E-state index contributed by atoms with van der Waals surface area (Å²) in [7, 11) is -4.24. The molecule has 5 rings (SSSR count). The number of hydrogen-bond donors (Lipinski definition) is 1. The predicted molar refractivity (Wildman–Crippen MR) is 202 cm³/mol. The Morgan fingerprint density at radius 1 is 0.706 bits per heavy atom. The molecule has 1 atom stereocenters. The van der Waals surface area contributed by atoms with E-state index < -0.39 is 34.1 Å². The first-order chi connectivity index (χ1) is 24.3. The zero-order valence-corrected chi connectivity index (χ0v) is 30.6. The van der Waals surface area contributed by atoms with Gasteiger partial charge in [-0.25, -0.2) is 8.42 Å². The van der Waals surface area contributed by atoms with Crippen molar-refractivity contribution >= 4 is 27.5 Å². The molecule has 0 radical (unpaired) electrons. The van der Waals surface area contributed by atoms with Crippen LogP contribution in [0.15, 0.2) is 138 Å². The van der Waals surface area contributed by atoms with Crippen molar-refractivity contribution in [2.45, 2.75) is 64.1 Å². The molecular weight excluding hydrogens is 659 g/mol. The maximum atomic E-state index is 14.8. The van der Waals surface area contributed by atoms with Crippen molar-refractivity contribution in [1.29, 1.82) is 0 Å². The summed E-state index contributed by atoms with van der Waals surface area (Å²) in [5.74, 6) is 0.283. The summed E-state index contributed by atoms with van der Waals surface area (Å²) >= 11 is 0. The molecular formula is C42H45N3O5S. The topological polar surface area (TPSA) is 96.0 Å². The van der Waals surface area contributed by atoms with Gasteiger partial charge in [-0.05, 0) is 94.3 Å². The number of aryl methyl sites for hydroxylation is 2. The average Bonchev–Trinajstić information content (AvgIpc) is 3.09. The number of amides is 2. The first-order valence-corrected chi connectivity index (χ1v) is 18.4. The second-order valence-corrected chi connectivity index (χ2v) is 15.6. The van der Waals surface area contributed by atoms with E-state index in [1.807, 2.05) is 120 Å². The van der Waals surface area contributed by atoms with Gasteiger partial charge in [0.25, 0.3) is 10.0 Å². The molecule has 5 aromatic rings. The Balaban J connectivity index is 1.57. The molecule has 0 aliphatic heterocycles. The Labute approximate surface area is 301 Å². The molecule has 0 fully saturated rings. The number of para-hydroxylation sites is 1. The van der Waals surface area contributed by atoms with E-state index in [9.17, 15) is 18.0 Å². The number of carbonyl (C=O) groups excluding carboxylic acids is 2. The van der Waals surface area contributed by atoms with Crippen LogP contribution >= 0.6 is 0 Å². The van der Waals surface area contributed by atoms with Crippen LogP contribution in [0.5, 0.6) is 11.5 Å². The third-order valence-electron chi connectivity index (χ3n) is 8.20. The van der Waals surface area contributed by atoms with Gasteiger partial charge in [0, 0.05) is 18.5 Å². The number of rotatable bonds is 13. The van der Waals surface area contributed by atoms with Gasteiger partial charge in [0.05, 0.1) is 10.6 Å². The van der Waals surface area contributed by atoms with Gasteiger partial charge in [-0.15, -0.1) is 0 Å². The van der Waals surface area contributed by atoms with E-state index in [4.69, 9.17) is 4.74 Å². The average molecular weight is 704 g/mol. The predicted octanol–water partition coefficient (Wildman–Crippen LogP) is 7.85. The van der Waals surface area contributed by atoms with Crippen molar-refractivity contribution in [3.63, 3.8) is 0 Å². The first kappa shape index (κ1) is 36.9. The second-order valence-electron chi connectivity index (χ2n) is 13.7. The third kappa shape index (κ3) is 10.1. The highest BCUT2D eigenvalue weighted by Crippen LogP contribution is 2.29. The molecule has 264 valence electrons. The van der Waals surface area contributed by atoms with Gasteiger partial charge in [0.15, 0.2) is 0 Å². The van der Waals surface area contributed by atoms with Crippen molar-refractivity contribution in [1.82, 2.24) is 10.2 Å². The van der Waals surface area contributed by atoms with E-state index in [1.54, 1.807) is 36.4 Å². The lowest BCUT2D eigenvalue weighted by atomic mass is 10.0. The summed E-state index contributed by atoms with van der Waals surface area (Å²) in [4.78, 5) is 30.4. The van der Waals surface area contributed by atoms with Gasteiger partial charge in [0.2, 0.25) is 11.8 Å². The van der Waals surface area contributed by atoms with Crippen LogP contribution in [-0.4, -0.2) is 43.3 Å². The van der Waals surface area contributed by atoms with Crippen LogP contribution in [0.2, 0.25) is 0 Å². The second kappa shape index (κ2) is 16.1. The number of carbonyl (C=O) groups is 2. The number of hydrogen-bond acceptors (Lipinski definition) is 5. The zero-order chi connectivity index (χ0) is 36.6. The summed E-state index contributed by atoms with van der Waals surface area (Å²) in [6, 6.07) is 38.7. The Hall–Kier alpha value is -5.41. The van der Waals surface area contributed by atoms with Gasteiger partial charge >= 0.3 is 0 Å². The summed E-state index contributed by atoms with van der Waals surface area (Å²) in [5, 5.41) is 3.07. The summed E-state index contributed by atoms with van der Waals surface area (Å²) in [5.41, 5.74) is 3.29. The van der Waals surface area contributed by atoms with E-state index in [2.05, 4.69) is 5.32 Å². The number of anilines is 1. The van der Waals surface area contributed by atoms with Crippen molar-refractivity contribution in [2.75, 3.05) is 10.8 Å².